The van der Waals surface area contributed by atoms with Gasteiger partial charge in [0.05, 0.1) is 12.0 Å². The largest absolute Gasteiger partial charge is 0.462 e. The Labute approximate surface area is 158 Å². The Morgan fingerprint density at radius 3 is 2.00 bits per heavy atom. The molecule has 3 atom stereocenters. The van der Waals surface area contributed by atoms with Crippen molar-refractivity contribution in [3.63, 3.8) is 0 Å². The van der Waals surface area contributed by atoms with Crippen molar-refractivity contribution in [1.29, 1.82) is 0 Å². The zero-order valence-electron chi connectivity index (χ0n) is 17.2. The van der Waals surface area contributed by atoms with Gasteiger partial charge in [-0.05, 0) is 58.1 Å². The summed E-state index contributed by atoms with van der Waals surface area (Å²) in [7, 11) is -0.399. The van der Waals surface area contributed by atoms with Crippen LogP contribution in [0.1, 0.15) is 68.1 Å². The van der Waals surface area contributed by atoms with Crippen LogP contribution >= 0.6 is 8.46 Å². The first-order chi connectivity index (χ1) is 12.0. The minimum Gasteiger partial charge on any atom is -0.462 e. The van der Waals surface area contributed by atoms with E-state index in [9.17, 15) is 14.2 Å². The van der Waals surface area contributed by atoms with E-state index in [4.69, 9.17) is 4.74 Å². The molecule has 0 aliphatic heterocycles. The Hall–Kier alpha value is -1.54. The molecule has 3 unspecified atom stereocenters. The fourth-order valence-corrected chi connectivity index (χ4v) is 4.19. The Kier molecular flexibility index (Phi) is 7.70. The van der Waals surface area contributed by atoms with Crippen LogP contribution in [0.3, 0.4) is 0 Å². The van der Waals surface area contributed by atoms with Gasteiger partial charge < -0.3 is 4.74 Å². The second kappa shape index (κ2) is 8.90. The second-order valence-corrected chi connectivity index (χ2v) is 8.83. The maximum atomic E-state index is 13.5. The summed E-state index contributed by atoms with van der Waals surface area (Å²) in [5, 5.41) is -1.42. The number of esters is 1. The van der Waals surface area contributed by atoms with E-state index in [1.807, 2.05) is 53.7 Å². The Morgan fingerprint density at radius 2 is 1.62 bits per heavy atom. The smallest absolute Gasteiger partial charge is 0.324 e. The second-order valence-electron chi connectivity index (χ2n) is 7.72. The minimum absolute atomic E-state index is 0.151. The SMILES string of the molecule is CCC(C)OC(=O)C(C)(P=O)C(C(=O)c1c(C)cc(C)cc1C)C(C)C. The molecule has 0 saturated carbocycles. The first-order valence-corrected chi connectivity index (χ1v) is 9.98. The Balaban J connectivity index is 3.44. The van der Waals surface area contributed by atoms with E-state index in [1.165, 1.54) is 0 Å². The van der Waals surface area contributed by atoms with Crippen molar-refractivity contribution in [2.24, 2.45) is 11.8 Å². The molecule has 1 aromatic rings. The van der Waals surface area contributed by atoms with Crippen LogP contribution in [-0.4, -0.2) is 23.0 Å². The van der Waals surface area contributed by atoms with Gasteiger partial charge in [0, 0.05) is 5.56 Å². The quantitative estimate of drug-likeness (QED) is 0.342. The summed E-state index contributed by atoms with van der Waals surface area (Å²) >= 11 is 0. The van der Waals surface area contributed by atoms with Crippen LogP contribution in [0.15, 0.2) is 12.1 Å². The molecule has 4 nitrogen and oxygen atoms in total. The third kappa shape index (κ3) is 4.59. The number of carbonyl (C=O) groups excluding carboxylic acids is 2. The third-order valence-electron chi connectivity index (χ3n) is 4.96. The van der Waals surface area contributed by atoms with Gasteiger partial charge >= 0.3 is 5.97 Å². The standard InChI is InChI=1S/C21H31O4P/c1-9-16(7)25-20(23)21(8,26-24)18(12(2)3)19(22)17-14(5)10-13(4)11-15(17)6/h10-12,16,18H,9H2,1-8H3. The molecule has 0 aliphatic rings. The van der Waals surface area contributed by atoms with E-state index < -0.39 is 25.5 Å². The average Bonchev–Trinajstić information content (AvgIpc) is 2.52. The first kappa shape index (κ1) is 22.5. The first-order valence-electron chi connectivity index (χ1n) is 9.17. The summed E-state index contributed by atoms with van der Waals surface area (Å²) < 4.78 is 17.5. The van der Waals surface area contributed by atoms with E-state index in [-0.39, 0.29) is 17.8 Å². The number of benzene rings is 1. The van der Waals surface area contributed by atoms with E-state index in [0.717, 1.165) is 16.7 Å². The topological polar surface area (TPSA) is 60.4 Å². The Morgan fingerprint density at radius 1 is 1.12 bits per heavy atom. The summed E-state index contributed by atoms with van der Waals surface area (Å²) in [6.07, 6.45) is 0.378. The number of Topliss-reactive ketones (excluding diaryl/α,β-unsaturated/α-hetero) is 1. The highest BCUT2D eigenvalue weighted by Crippen LogP contribution is 2.40. The molecule has 0 radical (unpaired) electrons. The van der Waals surface area contributed by atoms with Gasteiger partial charge in [-0.15, -0.1) is 0 Å². The molecular formula is C21H31O4P. The lowest BCUT2D eigenvalue weighted by atomic mass is 9.76. The van der Waals surface area contributed by atoms with Crippen LogP contribution in [0.25, 0.3) is 0 Å². The van der Waals surface area contributed by atoms with Gasteiger partial charge in [-0.3, -0.25) is 14.2 Å². The van der Waals surface area contributed by atoms with Crippen molar-refractivity contribution in [3.05, 3.63) is 34.4 Å². The summed E-state index contributed by atoms with van der Waals surface area (Å²) in [5.41, 5.74) is 3.44. The molecule has 144 valence electrons. The van der Waals surface area contributed by atoms with Crippen LogP contribution in [0, 0.1) is 32.6 Å². The van der Waals surface area contributed by atoms with E-state index in [1.54, 1.807) is 13.8 Å². The highest BCUT2D eigenvalue weighted by atomic mass is 31.1. The molecule has 0 heterocycles. The minimum atomic E-state index is -1.42. The van der Waals surface area contributed by atoms with Crippen molar-refractivity contribution in [3.8, 4) is 0 Å². The maximum Gasteiger partial charge on any atom is 0.324 e. The molecular weight excluding hydrogens is 347 g/mol. The molecule has 0 saturated heterocycles. The number of rotatable bonds is 8. The van der Waals surface area contributed by atoms with Gasteiger partial charge in [-0.1, -0.05) is 38.5 Å². The number of carbonyl (C=O) groups is 2. The lowest BCUT2D eigenvalue weighted by Crippen LogP contribution is -2.47. The molecule has 5 heteroatoms. The fraction of sp³-hybridized carbons (Fsp3) is 0.619. The normalized spacial score (nSPS) is 16.2. The van der Waals surface area contributed by atoms with Crippen LogP contribution < -0.4 is 0 Å². The molecule has 0 aliphatic carbocycles. The lowest BCUT2D eigenvalue weighted by Gasteiger charge is -2.33. The molecule has 1 rings (SSSR count). The third-order valence-corrected chi connectivity index (χ3v) is 5.80. The van der Waals surface area contributed by atoms with Gasteiger partial charge in [0.15, 0.2) is 19.4 Å². The van der Waals surface area contributed by atoms with Crippen molar-refractivity contribution in [2.45, 2.75) is 73.1 Å². The van der Waals surface area contributed by atoms with E-state index >= 15 is 0 Å². The molecule has 0 fully saturated rings. The average molecular weight is 378 g/mol. The maximum absolute atomic E-state index is 13.5. The van der Waals surface area contributed by atoms with Gasteiger partial charge in [0.2, 0.25) is 0 Å². The number of ketones is 1. The number of hydrogen-bond acceptors (Lipinski definition) is 4. The number of hydrogen-bond donors (Lipinski definition) is 0. The van der Waals surface area contributed by atoms with Crippen LogP contribution in [0.2, 0.25) is 0 Å². The zero-order chi connectivity index (χ0) is 20.2. The van der Waals surface area contributed by atoms with Gasteiger partial charge in [-0.25, -0.2) is 0 Å². The summed E-state index contributed by atoms with van der Waals surface area (Å²) in [6.45, 7) is 14.8. The molecule has 0 spiro atoms. The number of aryl methyl sites for hydroxylation is 3. The molecule has 0 N–H and O–H groups in total. The lowest BCUT2D eigenvalue weighted by molar-refractivity contribution is -0.152. The van der Waals surface area contributed by atoms with Crippen LogP contribution in [0.5, 0.6) is 0 Å². The van der Waals surface area contributed by atoms with Crippen LogP contribution in [0.4, 0.5) is 0 Å². The highest BCUT2D eigenvalue weighted by molar-refractivity contribution is 7.27. The monoisotopic (exact) mass is 378 g/mol. The molecule has 1 aromatic carbocycles. The van der Waals surface area contributed by atoms with E-state index in [2.05, 4.69) is 0 Å². The van der Waals surface area contributed by atoms with Gasteiger partial charge in [0.25, 0.3) is 0 Å². The van der Waals surface area contributed by atoms with Crippen LogP contribution in [-0.2, 0) is 14.1 Å². The summed E-state index contributed by atoms with van der Waals surface area (Å²) in [6, 6.07) is 3.92. The predicted octanol–water partition coefficient (Wildman–Crippen LogP) is 5.46. The van der Waals surface area contributed by atoms with Crippen molar-refractivity contribution >= 4 is 20.2 Å². The molecule has 0 amide bonds. The van der Waals surface area contributed by atoms with E-state index in [0.29, 0.717) is 12.0 Å². The molecule has 0 aromatic heterocycles. The molecule has 0 bridgehead atoms. The van der Waals surface area contributed by atoms with Crippen molar-refractivity contribution < 1.29 is 18.9 Å². The zero-order valence-corrected chi connectivity index (χ0v) is 18.1. The van der Waals surface area contributed by atoms with Gasteiger partial charge in [0.1, 0.15) is 0 Å². The van der Waals surface area contributed by atoms with Gasteiger partial charge in [-0.2, -0.15) is 0 Å². The summed E-state index contributed by atoms with van der Waals surface area (Å²) in [4.78, 5) is 26.2. The predicted molar refractivity (Wildman–Crippen MR) is 105 cm³/mol. The number of ether oxygens (including phenoxy) is 1. The Bertz CT molecular complexity index is 672. The highest BCUT2D eigenvalue weighted by Gasteiger charge is 2.50. The van der Waals surface area contributed by atoms with Crippen molar-refractivity contribution in [1.82, 2.24) is 0 Å². The summed E-state index contributed by atoms with van der Waals surface area (Å²) in [5.74, 6) is -1.64. The fourth-order valence-electron chi connectivity index (χ4n) is 3.54. The van der Waals surface area contributed by atoms with Crippen molar-refractivity contribution in [2.75, 3.05) is 0 Å². The molecule has 26 heavy (non-hydrogen) atoms.